The van der Waals surface area contributed by atoms with Crippen molar-refractivity contribution < 1.29 is 22.4 Å². The number of halogens is 4. The van der Waals surface area contributed by atoms with E-state index in [-0.39, 0.29) is 6.54 Å². The number of H-pyrrole nitrogens is 1. The van der Waals surface area contributed by atoms with Crippen molar-refractivity contribution >= 4 is 5.91 Å². The maximum atomic E-state index is 13.7. The summed E-state index contributed by atoms with van der Waals surface area (Å²) in [6.45, 7) is 0.127. The van der Waals surface area contributed by atoms with Crippen molar-refractivity contribution in [1.82, 2.24) is 15.3 Å². The van der Waals surface area contributed by atoms with Crippen LogP contribution >= 0.6 is 0 Å². The predicted molar refractivity (Wildman–Crippen MR) is 66.0 cm³/mol. The van der Waals surface area contributed by atoms with Gasteiger partial charge in [-0.2, -0.15) is 13.2 Å². The van der Waals surface area contributed by atoms with Gasteiger partial charge >= 0.3 is 6.18 Å². The second-order valence-corrected chi connectivity index (χ2v) is 4.21. The Morgan fingerprint density at radius 2 is 2.10 bits per heavy atom. The molecule has 0 spiro atoms. The molecule has 0 aliphatic rings. The molecule has 0 aliphatic heterocycles. The molecule has 0 atom stereocenters. The fraction of sp³-hybridized carbons (Fsp3) is 0.231. The largest absolute Gasteiger partial charge is 0.419 e. The molecule has 1 aromatic carbocycles. The molecule has 4 nitrogen and oxygen atoms in total. The lowest BCUT2D eigenvalue weighted by atomic mass is 10.1. The Morgan fingerprint density at radius 1 is 1.33 bits per heavy atom. The Kier molecular flexibility index (Phi) is 4.25. The molecule has 1 heterocycles. The molecule has 0 fully saturated rings. The van der Waals surface area contributed by atoms with Crippen LogP contribution in [0.2, 0.25) is 0 Å². The summed E-state index contributed by atoms with van der Waals surface area (Å²) >= 11 is 0. The van der Waals surface area contributed by atoms with E-state index < -0.39 is 29.0 Å². The summed E-state index contributed by atoms with van der Waals surface area (Å²) in [6, 6.07) is 2.59. The van der Waals surface area contributed by atoms with Gasteiger partial charge in [-0.1, -0.05) is 6.07 Å². The van der Waals surface area contributed by atoms with Crippen molar-refractivity contribution in [3.63, 3.8) is 0 Å². The van der Waals surface area contributed by atoms with Crippen molar-refractivity contribution in [2.24, 2.45) is 0 Å². The van der Waals surface area contributed by atoms with Crippen LogP contribution in [0.5, 0.6) is 0 Å². The Morgan fingerprint density at radius 3 is 2.71 bits per heavy atom. The Balaban J connectivity index is 2.05. The summed E-state index contributed by atoms with van der Waals surface area (Å²) in [4.78, 5) is 18.4. The van der Waals surface area contributed by atoms with E-state index in [2.05, 4.69) is 15.3 Å². The molecule has 21 heavy (non-hydrogen) atoms. The van der Waals surface area contributed by atoms with Crippen LogP contribution < -0.4 is 5.32 Å². The van der Waals surface area contributed by atoms with Crippen molar-refractivity contribution in [1.29, 1.82) is 0 Å². The van der Waals surface area contributed by atoms with Crippen LogP contribution in [0.15, 0.2) is 30.6 Å². The van der Waals surface area contributed by atoms with E-state index in [4.69, 9.17) is 0 Å². The smallest absolute Gasteiger partial charge is 0.351 e. The highest BCUT2D eigenvalue weighted by molar-refractivity contribution is 5.94. The molecular formula is C13H11F4N3O. The molecule has 1 amide bonds. The van der Waals surface area contributed by atoms with E-state index in [0.29, 0.717) is 18.3 Å². The molecule has 0 radical (unpaired) electrons. The van der Waals surface area contributed by atoms with Gasteiger partial charge in [-0.05, 0) is 12.1 Å². The van der Waals surface area contributed by atoms with Crippen LogP contribution in [0.4, 0.5) is 17.6 Å². The molecule has 8 heteroatoms. The minimum absolute atomic E-state index is 0.127. The minimum Gasteiger partial charge on any atom is -0.351 e. The van der Waals surface area contributed by atoms with Crippen molar-refractivity contribution in [2.75, 3.05) is 6.54 Å². The second-order valence-electron chi connectivity index (χ2n) is 4.21. The molecular weight excluding hydrogens is 290 g/mol. The first-order valence-electron chi connectivity index (χ1n) is 6.01. The van der Waals surface area contributed by atoms with E-state index >= 15 is 0 Å². The number of hydrogen-bond acceptors (Lipinski definition) is 2. The molecule has 2 N–H and O–H groups in total. The van der Waals surface area contributed by atoms with Gasteiger partial charge in [0, 0.05) is 25.4 Å². The Labute approximate surface area is 117 Å². The lowest BCUT2D eigenvalue weighted by molar-refractivity contribution is -0.140. The molecule has 0 unspecified atom stereocenters. The standard InChI is InChI=1S/C13H11F4N3O/c14-11-8(2-1-3-9(11)13(15,16)17)12(21)20-5-4-10-18-6-7-19-10/h1-3,6-7H,4-5H2,(H,18,19)(H,20,21). The number of hydrogen-bond donors (Lipinski definition) is 2. The third-order valence-electron chi connectivity index (χ3n) is 2.75. The van der Waals surface area contributed by atoms with Crippen molar-refractivity contribution in [3.8, 4) is 0 Å². The predicted octanol–water partition coefficient (Wildman–Crippen LogP) is 2.54. The molecule has 1 aromatic heterocycles. The average molecular weight is 301 g/mol. The van der Waals surface area contributed by atoms with Crippen molar-refractivity contribution in [3.05, 3.63) is 53.4 Å². The summed E-state index contributed by atoms with van der Waals surface area (Å²) in [5.41, 5.74) is -2.09. The van der Waals surface area contributed by atoms with E-state index in [0.717, 1.165) is 12.1 Å². The van der Waals surface area contributed by atoms with Crippen LogP contribution in [0.1, 0.15) is 21.7 Å². The maximum Gasteiger partial charge on any atom is 0.419 e. The number of nitrogens with one attached hydrogen (secondary N) is 2. The number of aromatic amines is 1. The number of carbonyl (C=O) groups is 1. The van der Waals surface area contributed by atoms with E-state index in [1.165, 1.54) is 6.20 Å². The average Bonchev–Trinajstić information content (AvgIpc) is 2.90. The zero-order chi connectivity index (χ0) is 15.5. The SMILES string of the molecule is O=C(NCCc1ncc[nH]1)c1cccc(C(F)(F)F)c1F. The highest BCUT2D eigenvalue weighted by atomic mass is 19.4. The van der Waals surface area contributed by atoms with Gasteiger partial charge < -0.3 is 10.3 Å². The van der Waals surface area contributed by atoms with Gasteiger partial charge in [0.15, 0.2) is 0 Å². The molecule has 0 bridgehead atoms. The zero-order valence-electron chi connectivity index (χ0n) is 10.7. The summed E-state index contributed by atoms with van der Waals surface area (Å²) < 4.78 is 51.4. The third-order valence-corrected chi connectivity index (χ3v) is 2.75. The van der Waals surface area contributed by atoms with Gasteiger partial charge in [0.05, 0.1) is 11.1 Å². The van der Waals surface area contributed by atoms with Gasteiger partial charge in [-0.25, -0.2) is 9.37 Å². The highest BCUT2D eigenvalue weighted by Gasteiger charge is 2.35. The summed E-state index contributed by atoms with van der Waals surface area (Å²) in [7, 11) is 0. The minimum atomic E-state index is -4.84. The molecule has 2 aromatic rings. The zero-order valence-corrected chi connectivity index (χ0v) is 10.7. The van der Waals surface area contributed by atoms with Gasteiger partial charge in [0.25, 0.3) is 5.91 Å². The van der Waals surface area contributed by atoms with Crippen LogP contribution in [0.3, 0.4) is 0 Å². The van der Waals surface area contributed by atoms with Crippen molar-refractivity contribution in [2.45, 2.75) is 12.6 Å². The number of carbonyl (C=O) groups excluding carboxylic acids is 1. The number of benzene rings is 1. The summed E-state index contributed by atoms with van der Waals surface area (Å²) in [5, 5.41) is 2.35. The molecule has 0 saturated carbocycles. The van der Waals surface area contributed by atoms with Crippen LogP contribution in [-0.2, 0) is 12.6 Å². The molecule has 0 saturated heterocycles. The normalized spacial score (nSPS) is 11.4. The van der Waals surface area contributed by atoms with Crippen LogP contribution in [0.25, 0.3) is 0 Å². The van der Waals surface area contributed by atoms with Gasteiger partial charge in [-0.15, -0.1) is 0 Å². The van der Waals surface area contributed by atoms with E-state index in [9.17, 15) is 22.4 Å². The lowest BCUT2D eigenvalue weighted by Crippen LogP contribution is -2.27. The van der Waals surface area contributed by atoms with Crippen LogP contribution in [-0.4, -0.2) is 22.4 Å². The molecule has 112 valence electrons. The third kappa shape index (κ3) is 3.59. The number of imidazole rings is 1. The van der Waals surface area contributed by atoms with Gasteiger partial charge in [0.2, 0.25) is 0 Å². The first-order valence-corrected chi connectivity index (χ1v) is 6.01. The number of alkyl halides is 3. The fourth-order valence-electron chi connectivity index (χ4n) is 1.75. The van der Waals surface area contributed by atoms with Gasteiger partial charge in [-0.3, -0.25) is 4.79 Å². The lowest BCUT2D eigenvalue weighted by Gasteiger charge is -2.11. The quantitative estimate of drug-likeness (QED) is 0.853. The second kappa shape index (κ2) is 5.94. The fourth-order valence-corrected chi connectivity index (χ4v) is 1.75. The summed E-state index contributed by atoms with van der Waals surface area (Å²) in [5.74, 6) is -1.86. The number of nitrogens with zero attached hydrogens (tertiary/aromatic N) is 1. The first-order chi connectivity index (χ1) is 9.89. The van der Waals surface area contributed by atoms with E-state index in [1.807, 2.05) is 0 Å². The monoisotopic (exact) mass is 301 g/mol. The maximum absolute atomic E-state index is 13.7. The number of aromatic nitrogens is 2. The Hall–Kier alpha value is -2.38. The highest BCUT2D eigenvalue weighted by Crippen LogP contribution is 2.32. The van der Waals surface area contributed by atoms with E-state index in [1.54, 1.807) is 6.20 Å². The topological polar surface area (TPSA) is 57.8 Å². The van der Waals surface area contributed by atoms with Crippen LogP contribution in [0, 0.1) is 5.82 Å². The number of rotatable bonds is 4. The Bertz CT molecular complexity index is 623. The van der Waals surface area contributed by atoms with Gasteiger partial charge in [0.1, 0.15) is 11.6 Å². The first kappa shape index (κ1) is 15.0. The number of amides is 1. The molecule has 0 aliphatic carbocycles. The molecule has 2 rings (SSSR count). The summed E-state index contributed by atoms with van der Waals surface area (Å²) in [6.07, 6.45) is -1.35.